The summed E-state index contributed by atoms with van der Waals surface area (Å²) < 4.78 is 6.10. The van der Waals surface area contributed by atoms with E-state index < -0.39 is 6.10 Å². The van der Waals surface area contributed by atoms with E-state index in [4.69, 9.17) is 16.3 Å². The number of methoxy groups -OCH3 is 1. The summed E-state index contributed by atoms with van der Waals surface area (Å²) in [7, 11) is 1.58. The number of rotatable bonds is 4. The lowest BCUT2D eigenvalue weighted by atomic mass is 9.97. The number of aryl methyl sites for hydroxylation is 1. The molecule has 0 aliphatic carbocycles. The van der Waals surface area contributed by atoms with Crippen LogP contribution in [0.5, 0.6) is 5.75 Å². The minimum Gasteiger partial charge on any atom is -0.495 e. The number of aliphatic hydroxyl groups is 1. The first kappa shape index (κ1) is 15.4. The topological polar surface area (TPSA) is 29.5 Å². The molecule has 0 amide bonds. The summed E-state index contributed by atoms with van der Waals surface area (Å²) in [6.07, 6.45) is -0.142. The molecule has 0 aromatic heterocycles. The normalized spacial score (nSPS) is 12.2. The quantitative estimate of drug-likeness (QED) is 0.861. The van der Waals surface area contributed by atoms with Crippen molar-refractivity contribution in [3.05, 3.63) is 62.6 Å². The van der Waals surface area contributed by atoms with Gasteiger partial charge in [-0.1, -0.05) is 35.9 Å². The third kappa shape index (κ3) is 3.35. The van der Waals surface area contributed by atoms with Crippen molar-refractivity contribution in [2.45, 2.75) is 19.4 Å². The minimum absolute atomic E-state index is 0.524. The third-order valence-electron chi connectivity index (χ3n) is 3.27. The molecule has 1 atom stereocenters. The van der Waals surface area contributed by atoms with Crippen molar-refractivity contribution in [1.82, 2.24) is 0 Å². The first-order valence-corrected chi connectivity index (χ1v) is 7.45. The Hall–Kier alpha value is -1.03. The molecule has 0 heterocycles. The van der Waals surface area contributed by atoms with Gasteiger partial charge in [0.15, 0.2) is 0 Å². The highest BCUT2D eigenvalue weighted by molar-refractivity contribution is 9.10. The third-order valence-corrected chi connectivity index (χ3v) is 4.08. The van der Waals surface area contributed by atoms with Crippen LogP contribution in [0, 0.1) is 6.92 Å². The Morgan fingerprint density at radius 2 is 2.00 bits per heavy atom. The number of benzene rings is 2. The second-order valence-electron chi connectivity index (χ2n) is 4.66. The van der Waals surface area contributed by atoms with Gasteiger partial charge in [-0.3, -0.25) is 0 Å². The van der Waals surface area contributed by atoms with E-state index in [1.54, 1.807) is 19.2 Å². The predicted molar refractivity (Wildman–Crippen MR) is 85.5 cm³/mol. The zero-order chi connectivity index (χ0) is 14.7. The highest BCUT2D eigenvalue weighted by Crippen LogP contribution is 2.37. The number of aliphatic hydroxyl groups excluding tert-OH is 1. The molecule has 20 heavy (non-hydrogen) atoms. The Labute approximate surface area is 132 Å². The van der Waals surface area contributed by atoms with Gasteiger partial charge in [0.25, 0.3) is 0 Å². The standard InChI is InChI=1S/C16H16BrClO2/c1-10-5-3-4-6-11(10)7-15(19)13-8-12(18)9-14(17)16(13)20-2/h3-6,8-9,15,19H,7H2,1-2H3. The molecule has 2 aromatic rings. The zero-order valence-electron chi connectivity index (χ0n) is 11.4. The molecule has 2 rings (SSSR count). The molecule has 0 aliphatic rings. The van der Waals surface area contributed by atoms with Gasteiger partial charge in [0.2, 0.25) is 0 Å². The molecule has 0 saturated carbocycles. The van der Waals surface area contributed by atoms with Gasteiger partial charge in [-0.25, -0.2) is 0 Å². The van der Waals surface area contributed by atoms with Gasteiger partial charge in [-0.05, 0) is 46.1 Å². The molecule has 2 nitrogen and oxygen atoms in total. The average Bonchev–Trinajstić information content (AvgIpc) is 2.40. The molecule has 0 saturated heterocycles. The number of hydrogen-bond donors (Lipinski definition) is 1. The van der Waals surface area contributed by atoms with Crippen molar-refractivity contribution in [3.8, 4) is 5.75 Å². The van der Waals surface area contributed by atoms with Crippen LogP contribution in [0.2, 0.25) is 5.02 Å². The Morgan fingerprint density at radius 3 is 2.65 bits per heavy atom. The van der Waals surface area contributed by atoms with Gasteiger partial charge in [-0.2, -0.15) is 0 Å². The largest absolute Gasteiger partial charge is 0.495 e. The van der Waals surface area contributed by atoms with E-state index in [1.807, 2.05) is 31.2 Å². The summed E-state index contributed by atoms with van der Waals surface area (Å²) in [4.78, 5) is 0. The maximum absolute atomic E-state index is 10.5. The number of ether oxygens (including phenoxy) is 1. The summed E-state index contributed by atoms with van der Waals surface area (Å²) in [6, 6.07) is 11.5. The zero-order valence-corrected chi connectivity index (χ0v) is 13.7. The van der Waals surface area contributed by atoms with Crippen LogP contribution in [-0.2, 0) is 6.42 Å². The smallest absolute Gasteiger partial charge is 0.138 e. The highest BCUT2D eigenvalue weighted by Gasteiger charge is 2.18. The summed E-state index contributed by atoms with van der Waals surface area (Å²) in [6.45, 7) is 2.03. The van der Waals surface area contributed by atoms with Crippen molar-refractivity contribution >= 4 is 27.5 Å². The van der Waals surface area contributed by atoms with Gasteiger partial charge in [-0.15, -0.1) is 0 Å². The molecule has 1 N–H and O–H groups in total. The molecule has 2 aromatic carbocycles. The first-order valence-electron chi connectivity index (χ1n) is 6.28. The molecule has 4 heteroatoms. The van der Waals surface area contributed by atoms with Crippen molar-refractivity contribution in [2.75, 3.05) is 7.11 Å². The van der Waals surface area contributed by atoms with Gasteiger partial charge in [0.1, 0.15) is 5.75 Å². The fourth-order valence-corrected chi connectivity index (χ4v) is 3.20. The van der Waals surface area contributed by atoms with Crippen LogP contribution in [0.1, 0.15) is 22.8 Å². The van der Waals surface area contributed by atoms with E-state index in [1.165, 1.54) is 0 Å². The van der Waals surface area contributed by atoms with Crippen LogP contribution in [0.25, 0.3) is 0 Å². The van der Waals surface area contributed by atoms with Gasteiger partial charge in [0.05, 0.1) is 17.7 Å². The average molecular weight is 356 g/mol. The monoisotopic (exact) mass is 354 g/mol. The van der Waals surface area contributed by atoms with Crippen LogP contribution in [0.3, 0.4) is 0 Å². The Morgan fingerprint density at radius 1 is 1.30 bits per heavy atom. The SMILES string of the molecule is COc1c(Br)cc(Cl)cc1C(O)Cc1ccccc1C. The Balaban J connectivity index is 2.34. The fourth-order valence-electron chi connectivity index (χ4n) is 2.20. The molecule has 0 radical (unpaired) electrons. The second kappa shape index (κ2) is 6.61. The Kier molecular flexibility index (Phi) is 5.08. The second-order valence-corrected chi connectivity index (χ2v) is 5.95. The van der Waals surface area contributed by atoms with Gasteiger partial charge < -0.3 is 9.84 Å². The summed E-state index contributed by atoms with van der Waals surface area (Å²) in [5.41, 5.74) is 2.96. The van der Waals surface area contributed by atoms with Crippen LogP contribution < -0.4 is 4.74 Å². The summed E-state index contributed by atoms with van der Waals surface area (Å²) in [5, 5.41) is 11.1. The van der Waals surface area contributed by atoms with Crippen LogP contribution in [0.15, 0.2) is 40.9 Å². The lowest BCUT2D eigenvalue weighted by Crippen LogP contribution is -2.05. The maximum Gasteiger partial charge on any atom is 0.138 e. The molecule has 1 unspecified atom stereocenters. The van der Waals surface area contributed by atoms with Crippen molar-refractivity contribution in [1.29, 1.82) is 0 Å². The lowest BCUT2D eigenvalue weighted by molar-refractivity contribution is 0.173. The predicted octanol–water partition coefficient (Wildman–Crippen LogP) is 4.70. The molecular formula is C16H16BrClO2. The molecule has 0 bridgehead atoms. The number of halogens is 2. The summed E-state index contributed by atoms with van der Waals surface area (Å²) >= 11 is 9.47. The minimum atomic E-state index is -0.666. The van der Waals surface area contributed by atoms with E-state index >= 15 is 0 Å². The van der Waals surface area contributed by atoms with E-state index in [0.29, 0.717) is 22.8 Å². The molecular weight excluding hydrogens is 340 g/mol. The fraction of sp³-hybridized carbons (Fsp3) is 0.250. The van der Waals surface area contributed by atoms with Gasteiger partial charge >= 0.3 is 0 Å². The van der Waals surface area contributed by atoms with Crippen molar-refractivity contribution in [3.63, 3.8) is 0 Å². The molecule has 106 valence electrons. The van der Waals surface area contributed by atoms with E-state index in [0.717, 1.165) is 15.6 Å². The van der Waals surface area contributed by atoms with Crippen LogP contribution >= 0.6 is 27.5 Å². The van der Waals surface area contributed by atoms with Crippen LogP contribution in [-0.4, -0.2) is 12.2 Å². The van der Waals surface area contributed by atoms with Crippen LogP contribution in [0.4, 0.5) is 0 Å². The van der Waals surface area contributed by atoms with E-state index in [2.05, 4.69) is 15.9 Å². The lowest BCUT2D eigenvalue weighted by Gasteiger charge is -2.17. The van der Waals surface area contributed by atoms with E-state index in [-0.39, 0.29) is 0 Å². The molecule has 0 fully saturated rings. The maximum atomic E-state index is 10.5. The highest BCUT2D eigenvalue weighted by atomic mass is 79.9. The van der Waals surface area contributed by atoms with Gasteiger partial charge in [0, 0.05) is 17.0 Å². The molecule has 0 aliphatic heterocycles. The first-order chi connectivity index (χ1) is 9.52. The van der Waals surface area contributed by atoms with Crippen molar-refractivity contribution < 1.29 is 9.84 Å². The van der Waals surface area contributed by atoms with Crippen molar-refractivity contribution in [2.24, 2.45) is 0 Å². The number of hydrogen-bond acceptors (Lipinski definition) is 2. The molecule has 0 spiro atoms. The summed E-state index contributed by atoms with van der Waals surface area (Å²) in [5.74, 6) is 0.621. The Bertz CT molecular complexity index is 613. The van der Waals surface area contributed by atoms with E-state index in [9.17, 15) is 5.11 Å².